The smallest absolute Gasteiger partial charge is 0.142 e. The van der Waals surface area contributed by atoms with Crippen LogP contribution in [0.3, 0.4) is 0 Å². The van der Waals surface area contributed by atoms with Gasteiger partial charge < -0.3 is 5.32 Å². The van der Waals surface area contributed by atoms with Gasteiger partial charge in [0.1, 0.15) is 5.82 Å². The average molecular weight is 271 g/mol. The Balaban J connectivity index is 2.19. The van der Waals surface area contributed by atoms with Gasteiger partial charge in [-0.05, 0) is 25.0 Å². The number of piperazine rings is 1. The molecule has 1 unspecified atom stereocenters. The minimum Gasteiger partial charge on any atom is -0.314 e. The van der Waals surface area contributed by atoms with Crippen LogP contribution in [0.15, 0.2) is 18.2 Å². The molecule has 0 radical (unpaired) electrons. The number of nitrogens with zero attached hydrogens (tertiary/aromatic N) is 1. The fourth-order valence-corrected chi connectivity index (χ4v) is 2.63. The minimum absolute atomic E-state index is 0.119. The van der Waals surface area contributed by atoms with Crippen molar-refractivity contribution in [1.82, 2.24) is 10.2 Å². The quantitative estimate of drug-likeness (QED) is 0.908. The first-order chi connectivity index (χ1) is 8.57. The molecular formula is C14H20ClFN2. The van der Waals surface area contributed by atoms with Crippen molar-refractivity contribution in [2.75, 3.05) is 19.6 Å². The molecule has 0 bridgehead atoms. The lowest BCUT2D eigenvalue weighted by Gasteiger charge is -2.45. The lowest BCUT2D eigenvalue weighted by atomic mass is 9.93. The topological polar surface area (TPSA) is 15.3 Å². The number of benzene rings is 1. The minimum atomic E-state index is -0.331. The second-order valence-corrected chi connectivity index (χ2v) is 5.54. The van der Waals surface area contributed by atoms with Crippen LogP contribution in [0.5, 0.6) is 0 Å². The normalized spacial score (nSPS) is 25.3. The summed E-state index contributed by atoms with van der Waals surface area (Å²) in [5, 5.41) is 3.68. The first-order valence-corrected chi connectivity index (χ1v) is 6.83. The second kappa shape index (κ2) is 5.55. The van der Waals surface area contributed by atoms with E-state index in [2.05, 4.69) is 24.1 Å². The van der Waals surface area contributed by atoms with E-state index in [1.807, 2.05) is 6.07 Å². The van der Waals surface area contributed by atoms with E-state index in [0.717, 1.165) is 31.6 Å². The zero-order chi connectivity index (χ0) is 13.2. The summed E-state index contributed by atoms with van der Waals surface area (Å²) in [6.07, 6.45) is 1.06. The fourth-order valence-electron chi connectivity index (χ4n) is 2.45. The summed E-state index contributed by atoms with van der Waals surface area (Å²) in [7, 11) is 0. The molecule has 1 fully saturated rings. The summed E-state index contributed by atoms with van der Waals surface area (Å²) in [6, 6.07) is 5.04. The molecule has 100 valence electrons. The molecule has 1 aliphatic heterocycles. The van der Waals surface area contributed by atoms with Crippen LogP contribution in [-0.4, -0.2) is 30.1 Å². The molecule has 1 aromatic carbocycles. The first kappa shape index (κ1) is 13.8. The lowest BCUT2D eigenvalue weighted by molar-refractivity contribution is 0.0637. The maximum Gasteiger partial charge on any atom is 0.142 e. The molecule has 2 rings (SSSR count). The van der Waals surface area contributed by atoms with Gasteiger partial charge in [0.05, 0.1) is 5.02 Å². The third-order valence-electron chi connectivity index (χ3n) is 3.98. The SMILES string of the molecule is CCC1(C)CNCCN1Cc1cccc(F)c1Cl. The third-order valence-corrected chi connectivity index (χ3v) is 4.41. The molecule has 0 amide bonds. The molecule has 1 saturated heterocycles. The lowest BCUT2D eigenvalue weighted by Crippen LogP contribution is -2.58. The van der Waals surface area contributed by atoms with Crippen molar-refractivity contribution in [3.8, 4) is 0 Å². The Labute approximate surface area is 113 Å². The van der Waals surface area contributed by atoms with E-state index in [1.165, 1.54) is 6.07 Å². The Morgan fingerprint density at radius 1 is 1.50 bits per heavy atom. The van der Waals surface area contributed by atoms with E-state index >= 15 is 0 Å². The molecule has 18 heavy (non-hydrogen) atoms. The summed E-state index contributed by atoms with van der Waals surface area (Å²) in [5.41, 5.74) is 0.992. The number of hydrogen-bond donors (Lipinski definition) is 1. The van der Waals surface area contributed by atoms with E-state index in [1.54, 1.807) is 6.07 Å². The van der Waals surface area contributed by atoms with E-state index < -0.39 is 0 Å². The molecule has 0 spiro atoms. The highest BCUT2D eigenvalue weighted by molar-refractivity contribution is 6.31. The number of rotatable bonds is 3. The van der Waals surface area contributed by atoms with Gasteiger partial charge in [-0.2, -0.15) is 0 Å². The zero-order valence-corrected chi connectivity index (χ0v) is 11.7. The number of nitrogens with one attached hydrogen (secondary N) is 1. The predicted octanol–water partition coefficient (Wildman–Crippen LogP) is 3.05. The van der Waals surface area contributed by atoms with Gasteiger partial charge in [0.15, 0.2) is 0 Å². The van der Waals surface area contributed by atoms with Crippen molar-refractivity contribution < 1.29 is 4.39 Å². The Kier molecular flexibility index (Phi) is 4.25. The highest BCUT2D eigenvalue weighted by Crippen LogP contribution is 2.27. The van der Waals surface area contributed by atoms with Crippen LogP contribution in [0.1, 0.15) is 25.8 Å². The zero-order valence-electron chi connectivity index (χ0n) is 11.0. The Morgan fingerprint density at radius 3 is 3.00 bits per heavy atom. The third kappa shape index (κ3) is 2.68. The molecule has 0 saturated carbocycles. The molecule has 1 aliphatic rings. The van der Waals surface area contributed by atoms with E-state index in [-0.39, 0.29) is 16.4 Å². The maximum atomic E-state index is 13.4. The van der Waals surface area contributed by atoms with Crippen LogP contribution in [0.2, 0.25) is 5.02 Å². The van der Waals surface area contributed by atoms with E-state index in [0.29, 0.717) is 6.54 Å². The van der Waals surface area contributed by atoms with Crippen LogP contribution in [0.4, 0.5) is 4.39 Å². The highest BCUT2D eigenvalue weighted by atomic mass is 35.5. The van der Waals surface area contributed by atoms with Gasteiger partial charge in [0, 0.05) is 31.7 Å². The standard InChI is InChI=1S/C14H20ClFN2/c1-3-14(2)10-17-7-8-18(14)9-11-5-4-6-12(16)13(11)15/h4-6,17H,3,7-10H2,1-2H3. The van der Waals surface area contributed by atoms with Crippen LogP contribution < -0.4 is 5.32 Å². The molecule has 1 atom stereocenters. The van der Waals surface area contributed by atoms with Crippen molar-refractivity contribution in [3.63, 3.8) is 0 Å². The predicted molar refractivity (Wildman–Crippen MR) is 73.4 cm³/mol. The van der Waals surface area contributed by atoms with Crippen LogP contribution in [0, 0.1) is 5.82 Å². The molecule has 2 nitrogen and oxygen atoms in total. The number of halogens is 2. The monoisotopic (exact) mass is 270 g/mol. The molecule has 1 heterocycles. The van der Waals surface area contributed by atoms with Gasteiger partial charge in [-0.3, -0.25) is 4.90 Å². The Morgan fingerprint density at radius 2 is 2.28 bits per heavy atom. The van der Waals surface area contributed by atoms with Crippen LogP contribution in [-0.2, 0) is 6.54 Å². The average Bonchev–Trinajstić information content (AvgIpc) is 2.37. The molecule has 1 N–H and O–H groups in total. The van der Waals surface area contributed by atoms with E-state index in [9.17, 15) is 4.39 Å². The van der Waals surface area contributed by atoms with Crippen molar-refractivity contribution >= 4 is 11.6 Å². The van der Waals surface area contributed by atoms with Gasteiger partial charge in [0.2, 0.25) is 0 Å². The summed E-state index contributed by atoms with van der Waals surface area (Å²) in [5.74, 6) is -0.331. The van der Waals surface area contributed by atoms with Crippen LogP contribution >= 0.6 is 11.6 Å². The van der Waals surface area contributed by atoms with Gasteiger partial charge in [-0.25, -0.2) is 4.39 Å². The first-order valence-electron chi connectivity index (χ1n) is 6.45. The van der Waals surface area contributed by atoms with Gasteiger partial charge >= 0.3 is 0 Å². The van der Waals surface area contributed by atoms with E-state index in [4.69, 9.17) is 11.6 Å². The summed E-state index contributed by atoms with van der Waals surface area (Å²) in [4.78, 5) is 2.39. The van der Waals surface area contributed by atoms with Gasteiger partial charge in [0.25, 0.3) is 0 Å². The molecular weight excluding hydrogens is 251 g/mol. The molecule has 4 heteroatoms. The van der Waals surface area contributed by atoms with Gasteiger partial charge in [-0.15, -0.1) is 0 Å². The summed E-state index contributed by atoms with van der Waals surface area (Å²) >= 11 is 6.03. The summed E-state index contributed by atoms with van der Waals surface area (Å²) < 4.78 is 13.4. The molecule has 1 aromatic rings. The summed E-state index contributed by atoms with van der Waals surface area (Å²) in [6.45, 7) is 8.05. The molecule has 0 aliphatic carbocycles. The highest BCUT2D eigenvalue weighted by Gasteiger charge is 2.32. The Hall–Kier alpha value is -0.640. The number of hydrogen-bond acceptors (Lipinski definition) is 2. The van der Waals surface area contributed by atoms with Gasteiger partial charge in [-0.1, -0.05) is 30.7 Å². The van der Waals surface area contributed by atoms with Crippen molar-refractivity contribution in [2.45, 2.75) is 32.4 Å². The van der Waals surface area contributed by atoms with Crippen LogP contribution in [0.25, 0.3) is 0 Å². The second-order valence-electron chi connectivity index (χ2n) is 5.16. The maximum absolute atomic E-state index is 13.4. The van der Waals surface area contributed by atoms with Crippen molar-refractivity contribution in [3.05, 3.63) is 34.6 Å². The van der Waals surface area contributed by atoms with Crippen molar-refractivity contribution in [1.29, 1.82) is 0 Å². The Bertz CT molecular complexity index is 424. The fraction of sp³-hybridized carbons (Fsp3) is 0.571. The largest absolute Gasteiger partial charge is 0.314 e. The van der Waals surface area contributed by atoms with Crippen molar-refractivity contribution in [2.24, 2.45) is 0 Å². The molecule has 0 aromatic heterocycles.